The molecule has 30 heavy (non-hydrogen) atoms. The molecule has 1 unspecified atom stereocenters. The Hall–Kier alpha value is -2.61. The number of aromatic amines is 2. The van der Waals surface area contributed by atoms with Crippen molar-refractivity contribution in [3.8, 4) is 11.1 Å². The third kappa shape index (κ3) is 4.43. The van der Waals surface area contributed by atoms with Gasteiger partial charge in [0, 0.05) is 48.7 Å². The number of aryl methyl sites for hydroxylation is 1. The summed E-state index contributed by atoms with van der Waals surface area (Å²) in [6.45, 7) is 4.52. The Kier molecular flexibility index (Phi) is 5.94. The highest BCUT2D eigenvalue weighted by atomic mass is 35.5. The molecule has 0 aromatic carbocycles. The van der Waals surface area contributed by atoms with E-state index in [1.807, 2.05) is 19.3 Å². The fraction of sp³-hybridized carbons (Fsp3) is 0.476. The van der Waals surface area contributed by atoms with E-state index in [2.05, 4.69) is 25.5 Å². The second kappa shape index (κ2) is 8.63. The smallest absolute Gasteiger partial charge is 0.219 e. The number of nitrogens with zero attached hydrogens (tertiary/aromatic N) is 3. The number of halogens is 2. The van der Waals surface area contributed by atoms with Gasteiger partial charge in [0.1, 0.15) is 11.8 Å². The molecule has 7 nitrogen and oxygen atoms in total. The van der Waals surface area contributed by atoms with Crippen molar-refractivity contribution in [2.45, 2.75) is 51.7 Å². The second-order valence-electron chi connectivity index (χ2n) is 7.94. The van der Waals surface area contributed by atoms with Gasteiger partial charge in [0.25, 0.3) is 0 Å². The highest BCUT2D eigenvalue weighted by Gasteiger charge is 2.25. The predicted molar refractivity (Wildman–Crippen MR) is 116 cm³/mol. The van der Waals surface area contributed by atoms with E-state index in [4.69, 9.17) is 11.6 Å². The van der Waals surface area contributed by atoms with E-state index in [-0.39, 0.29) is 5.91 Å². The van der Waals surface area contributed by atoms with Crippen LogP contribution in [0.5, 0.6) is 0 Å². The van der Waals surface area contributed by atoms with Crippen molar-refractivity contribution in [2.75, 3.05) is 18.4 Å². The SMILES string of the molecule is CC(=O)N1CCCC(F)C1.Cc1[nH]ncc1-c1cnc2[nH]cc(Cl)c2c1NC1CC1. The van der Waals surface area contributed by atoms with Crippen molar-refractivity contribution in [3.05, 3.63) is 29.3 Å². The van der Waals surface area contributed by atoms with E-state index in [0.29, 0.717) is 24.0 Å². The lowest BCUT2D eigenvalue weighted by molar-refractivity contribution is -0.130. The molecule has 2 fully saturated rings. The maximum atomic E-state index is 12.6. The summed E-state index contributed by atoms with van der Waals surface area (Å²) in [5.74, 6) is -0.0117. The number of hydrogen-bond donors (Lipinski definition) is 3. The van der Waals surface area contributed by atoms with E-state index in [1.165, 1.54) is 19.8 Å². The van der Waals surface area contributed by atoms with Gasteiger partial charge in [-0.05, 0) is 32.6 Å². The molecule has 1 saturated carbocycles. The maximum Gasteiger partial charge on any atom is 0.219 e. The van der Waals surface area contributed by atoms with Crippen LogP contribution in [-0.2, 0) is 4.79 Å². The topological polar surface area (TPSA) is 89.7 Å². The fourth-order valence-corrected chi connectivity index (χ4v) is 3.92. The summed E-state index contributed by atoms with van der Waals surface area (Å²) in [6.07, 6.45) is 8.52. The van der Waals surface area contributed by atoms with Crippen LogP contribution in [0.25, 0.3) is 22.2 Å². The van der Waals surface area contributed by atoms with Crippen molar-refractivity contribution >= 4 is 34.2 Å². The first-order chi connectivity index (χ1) is 14.4. The summed E-state index contributed by atoms with van der Waals surface area (Å²) in [6, 6.07) is 0.539. The zero-order valence-corrected chi connectivity index (χ0v) is 17.9. The van der Waals surface area contributed by atoms with E-state index >= 15 is 0 Å². The van der Waals surface area contributed by atoms with Crippen LogP contribution in [0, 0.1) is 6.92 Å². The van der Waals surface area contributed by atoms with Crippen molar-refractivity contribution in [1.29, 1.82) is 0 Å². The molecule has 0 spiro atoms. The third-order valence-corrected chi connectivity index (χ3v) is 5.81. The zero-order chi connectivity index (χ0) is 21.3. The summed E-state index contributed by atoms with van der Waals surface area (Å²) in [4.78, 5) is 19.8. The standard InChI is InChI=1S/C14H14ClN5.C7H12FNO/c1-7-9(5-18-20-7)10-4-16-14-12(11(15)6-17-14)13(10)19-8-2-3-8;1-6(10)9-4-2-3-7(8)5-9/h4-6,8H,2-3H2,1H3,(H,18,20)(H2,16,17,19);7H,2-5H2,1H3. The summed E-state index contributed by atoms with van der Waals surface area (Å²) in [5.41, 5.74) is 4.98. The van der Waals surface area contributed by atoms with Crippen molar-refractivity contribution < 1.29 is 9.18 Å². The minimum Gasteiger partial charge on any atom is -0.381 e. The molecule has 3 N–H and O–H groups in total. The van der Waals surface area contributed by atoms with Gasteiger partial charge in [-0.3, -0.25) is 9.89 Å². The van der Waals surface area contributed by atoms with Crippen LogP contribution in [0.2, 0.25) is 5.02 Å². The van der Waals surface area contributed by atoms with Crippen LogP contribution in [0.15, 0.2) is 18.6 Å². The molecule has 1 amide bonds. The summed E-state index contributed by atoms with van der Waals surface area (Å²) in [7, 11) is 0. The van der Waals surface area contributed by atoms with Crippen molar-refractivity contribution in [2.24, 2.45) is 0 Å². The molecule has 2 aliphatic rings. The summed E-state index contributed by atoms with van der Waals surface area (Å²) < 4.78 is 12.6. The normalized spacial score (nSPS) is 18.8. The molecule has 160 valence electrons. The highest BCUT2D eigenvalue weighted by Crippen LogP contribution is 2.40. The van der Waals surface area contributed by atoms with Crippen LogP contribution >= 0.6 is 11.6 Å². The predicted octanol–water partition coefficient (Wildman–Crippen LogP) is 4.46. The highest BCUT2D eigenvalue weighted by molar-refractivity contribution is 6.36. The first-order valence-electron chi connectivity index (χ1n) is 10.3. The molecule has 1 aliphatic carbocycles. The Morgan fingerprint density at radius 1 is 1.30 bits per heavy atom. The minimum atomic E-state index is -0.794. The molecule has 3 aromatic heterocycles. The number of nitrogens with one attached hydrogen (secondary N) is 3. The number of amides is 1. The van der Waals surface area contributed by atoms with Crippen molar-refractivity contribution in [1.82, 2.24) is 25.1 Å². The van der Waals surface area contributed by atoms with Gasteiger partial charge in [-0.2, -0.15) is 5.10 Å². The van der Waals surface area contributed by atoms with Crippen LogP contribution in [-0.4, -0.2) is 56.3 Å². The van der Waals surface area contributed by atoms with Gasteiger partial charge in [0.05, 0.1) is 28.8 Å². The fourth-order valence-electron chi connectivity index (χ4n) is 3.68. The van der Waals surface area contributed by atoms with Gasteiger partial charge in [-0.1, -0.05) is 11.6 Å². The zero-order valence-electron chi connectivity index (χ0n) is 17.1. The molecule has 5 rings (SSSR count). The second-order valence-corrected chi connectivity index (χ2v) is 8.35. The number of fused-ring (bicyclic) bond motifs is 1. The first-order valence-corrected chi connectivity index (χ1v) is 10.6. The number of piperidine rings is 1. The third-order valence-electron chi connectivity index (χ3n) is 5.51. The number of H-pyrrole nitrogens is 2. The molecule has 1 saturated heterocycles. The minimum absolute atomic E-state index is 0.0117. The van der Waals surface area contributed by atoms with Crippen LogP contribution in [0.1, 0.15) is 38.3 Å². The maximum absolute atomic E-state index is 12.6. The number of alkyl halides is 1. The number of rotatable bonds is 3. The number of aromatic nitrogens is 4. The number of carbonyl (C=O) groups is 1. The van der Waals surface area contributed by atoms with Gasteiger partial charge in [-0.15, -0.1) is 0 Å². The van der Waals surface area contributed by atoms with E-state index < -0.39 is 6.17 Å². The molecule has 0 radical (unpaired) electrons. The summed E-state index contributed by atoms with van der Waals surface area (Å²) >= 11 is 6.32. The molecule has 3 aromatic rings. The van der Waals surface area contributed by atoms with E-state index in [1.54, 1.807) is 11.1 Å². The molecule has 4 heterocycles. The number of likely N-dealkylation sites (tertiary alicyclic amines) is 1. The quantitative estimate of drug-likeness (QED) is 0.570. The van der Waals surface area contributed by atoms with Gasteiger partial charge >= 0.3 is 0 Å². The monoisotopic (exact) mass is 432 g/mol. The van der Waals surface area contributed by atoms with Crippen LogP contribution in [0.3, 0.4) is 0 Å². The van der Waals surface area contributed by atoms with E-state index in [0.717, 1.165) is 46.5 Å². The number of pyridine rings is 1. The van der Waals surface area contributed by atoms with Gasteiger partial charge in [0.15, 0.2) is 0 Å². The molecule has 1 atom stereocenters. The Labute approximate surface area is 179 Å². The largest absolute Gasteiger partial charge is 0.381 e. The average molecular weight is 433 g/mol. The Balaban J connectivity index is 0.000000185. The lowest BCUT2D eigenvalue weighted by atomic mass is 10.1. The number of carbonyl (C=O) groups excluding carboxylic acids is 1. The summed E-state index contributed by atoms with van der Waals surface area (Å²) in [5, 5.41) is 12.3. The molecular weight excluding hydrogens is 407 g/mol. The van der Waals surface area contributed by atoms with Crippen LogP contribution < -0.4 is 5.32 Å². The molecule has 0 bridgehead atoms. The number of anilines is 1. The Bertz CT molecular complexity index is 1040. The number of hydrogen-bond acceptors (Lipinski definition) is 4. The van der Waals surface area contributed by atoms with Crippen molar-refractivity contribution in [3.63, 3.8) is 0 Å². The Morgan fingerprint density at radius 2 is 2.10 bits per heavy atom. The molecular formula is C21H26ClFN6O. The van der Waals surface area contributed by atoms with Crippen LogP contribution in [0.4, 0.5) is 10.1 Å². The average Bonchev–Trinajstić information content (AvgIpc) is 3.31. The lowest BCUT2D eigenvalue weighted by Crippen LogP contribution is -2.39. The first kappa shape index (κ1) is 20.7. The lowest BCUT2D eigenvalue weighted by Gasteiger charge is -2.27. The van der Waals surface area contributed by atoms with Gasteiger partial charge in [0.2, 0.25) is 5.91 Å². The van der Waals surface area contributed by atoms with Gasteiger partial charge in [-0.25, -0.2) is 9.37 Å². The molecule has 9 heteroatoms. The molecule has 1 aliphatic heterocycles. The van der Waals surface area contributed by atoms with Gasteiger partial charge < -0.3 is 15.2 Å². The van der Waals surface area contributed by atoms with E-state index in [9.17, 15) is 9.18 Å². The Morgan fingerprint density at radius 3 is 2.70 bits per heavy atom.